The van der Waals surface area contributed by atoms with Crippen LogP contribution in [0.1, 0.15) is 6.42 Å². The molecule has 0 spiro atoms. The van der Waals surface area contributed by atoms with Crippen molar-refractivity contribution in [2.75, 3.05) is 33.1 Å². The fourth-order valence-electron chi connectivity index (χ4n) is 2.37. The Morgan fingerprint density at radius 2 is 1.96 bits per heavy atom. The number of thioether (sulfide) groups is 1. The molecule has 0 aliphatic heterocycles. The monoisotopic (exact) mass is 433 g/mol. The van der Waals surface area contributed by atoms with E-state index in [2.05, 4.69) is 4.74 Å². The Kier molecular flexibility index (Phi) is 8.02. The van der Waals surface area contributed by atoms with E-state index in [0.29, 0.717) is 5.75 Å². The van der Waals surface area contributed by atoms with Gasteiger partial charge in [-0.1, -0.05) is 18.2 Å². The summed E-state index contributed by atoms with van der Waals surface area (Å²) in [6, 6.07) is 8.02. The molecule has 1 aliphatic rings. The maximum atomic E-state index is 14.1. The Morgan fingerprint density at radius 3 is 2.57 bits per heavy atom. The van der Waals surface area contributed by atoms with E-state index in [-0.39, 0.29) is 17.9 Å². The lowest BCUT2D eigenvalue weighted by Gasteiger charge is -2.21. The lowest BCUT2D eigenvalue weighted by molar-refractivity contribution is -0.144. The zero-order chi connectivity index (χ0) is 20.7. The molecule has 10 heteroatoms. The lowest BCUT2D eigenvalue weighted by atomic mass is 10.1. The molecule has 0 amide bonds. The van der Waals surface area contributed by atoms with Crippen molar-refractivity contribution in [2.45, 2.75) is 16.6 Å². The fourth-order valence-corrected chi connectivity index (χ4v) is 4.84. The molecule has 0 fully saturated rings. The molecule has 1 aliphatic carbocycles. The third-order valence-corrected chi connectivity index (χ3v) is 6.95. The average Bonchev–Trinajstić information content (AvgIpc) is 2.67. The Labute approximate surface area is 167 Å². The largest absolute Gasteiger partial charge is 0.476 e. The van der Waals surface area contributed by atoms with Crippen LogP contribution >= 0.6 is 11.8 Å². The molecule has 0 heterocycles. The molecule has 0 N–H and O–H groups in total. The molecular weight excluding hydrogens is 412 g/mol. The van der Waals surface area contributed by atoms with Gasteiger partial charge in [0.2, 0.25) is 10.0 Å². The third-order valence-electron chi connectivity index (χ3n) is 3.93. The molecular formula is C18H21F2NO5S2. The van der Waals surface area contributed by atoms with Crippen LogP contribution in [0.15, 0.2) is 58.7 Å². The minimum Gasteiger partial charge on any atom is -0.476 e. The summed E-state index contributed by atoms with van der Waals surface area (Å²) in [7, 11) is -1.01. The molecule has 0 saturated carbocycles. The van der Waals surface area contributed by atoms with Crippen LogP contribution in [0, 0.1) is 0 Å². The number of nitrogens with zero attached hydrogens (tertiary/aromatic N) is 1. The molecule has 0 aromatic heterocycles. The van der Waals surface area contributed by atoms with Crippen molar-refractivity contribution in [1.29, 1.82) is 0 Å². The topological polar surface area (TPSA) is 72.9 Å². The quantitative estimate of drug-likeness (QED) is 0.558. The van der Waals surface area contributed by atoms with E-state index in [1.54, 1.807) is 18.2 Å². The van der Waals surface area contributed by atoms with Gasteiger partial charge >= 0.3 is 5.97 Å². The first kappa shape index (κ1) is 22.4. The van der Waals surface area contributed by atoms with Crippen LogP contribution in [0.25, 0.3) is 0 Å². The second-order valence-corrected chi connectivity index (χ2v) is 9.26. The molecule has 28 heavy (non-hydrogen) atoms. The smallest absolute Gasteiger partial charge is 0.343 e. The van der Waals surface area contributed by atoms with Gasteiger partial charge in [0.1, 0.15) is 5.83 Å². The van der Waals surface area contributed by atoms with Gasteiger partial charge in [-0.05, 0) is 18.2 Å². The van der Waals surface area contributed by atoms with Crippen LogP contribution in [-0.4, -0.2) is 57.0 Å². The van der Waals surface area contributed by atoms with Crippen LogP contribution < -0.4 is 0 Å². The molecule has 1 unspecified atom stereocenters. The van der Waals surface area contributed by atoms with Crippen molar-refractivity contribution in [2.24, 2.45) is 0 Å². The second kappa shape index (κ2) is 10.0. The molecule has 1 atom stereocenters. The number of hydrogen-bond donors (Lipinski definition) is 0. The van der Waals surface area contributed by atoms with E-state index < -0.39 is 45.3 Å². The highest BCUT2D eigenvalue weighted by Gasteiger charge is 2.26. The highest BCUT2D eigenvalue weighted by atomic mass is 32.2. The Bertz CT molecular complexity index is 856. The first-order chi connectivity index (χ1) is 13.3. The third kappa shape index (κ3) is 5.79. The van der Waals surface area contributed by atoms with E-state index in [0.717, 1.165) is 7.11 Å². The summed E-state index contributed by atoms with van der Waals surface area (Å²) in [5, 5.41) is -0.502. The Hall–Kier alpha value is -1.91. The summed E-state index contributed by atoms with van der Waals surface area (Å²) in [6.07, 6.45) is 1.09. The number of halogens is 2. The second-order valence-electron chi connectivity index (χ2n) is 5.87. The molecule has 6 nitrogen and oxygen atoms in total. The summed E-state index contributed by atoms with van der Waals surface area (Å²) in [4.78, 5) is 11.2. The average molecular weight is 433 g/mol. The van der Waals surface area contributed by atoms with Crippen LogP contribution in [-0.2, 0) is 24.3 Å². The van der Waals surface area contributed by atoms with Gasteiger partial charge < -0.3 is 9.47 Å². The van der Waals surface area contributed by atoms with E-state index >= 15 is 0 Å². The van der Waals surface area contributed by atoms with Gasteiger partial charge in [-0.3, -0.25) is 0 Å². The van der Waals surface area contributed by atoms with Gasteiger partial charge in [0.05, 0.1) is 12.0 Å². The molecule has 1 aromatic rings. The number of sulfonamides is 1. The fraction of sp³-hybridized carbons (Fsp3) is 0.389. The highest BCUT2D eigenvalue weighted by Crippen LogP contribution is 2.33. The van der Waals surface area contributed by atoms with Gasteiger partial charge in [0.25, 0.3) is 0 Å². The maximum absolute atomic E-state index is 14.1. The van der Waals surface area contributed by atoms with Crippen molar-refractivity contribution in [3.8, 4) is 0 Å². The van der Waals surface area contributed by atoms with Crippen molar-refractivity contribution in [3.05, 3.63) is 53.8 Å². The number of allylic oxidation sites excluding steroid dienone is 2. The van der Waals surface area contributed by atoms with Crippen molar-refractivity contribution in [1.82, 2.24) is 4.31 Å². The summed E-state index contributed by atoms with van der Waals surface area (Å²) in [6.45, 7) is -0.397. The number of rotatable bonds is 9. The zero-order valence-corrected chi connectivity index (χ0v) is 17.1. The standard InChI is InChI=1S/C18H21F2NO5S2/c1-21(28(23,24)14-6-4-3-5-7-14)8-9-27-13-10-15(19)18(16(20)11-13)26-12-17(22)25-2/h3-7,10,13H,8-9,11-12H2,1-2H3. The summed E-state index contributed by atoms with van der Waals surface area (Å²) in [5.74, 6) is -2.68. The SMILES string of the molecule is COC(=O)COC1=C(F)CC(SCCN(C)S(=O)(=O)c2ccccc2)C=C1F. The number of carbonyl (C=O) groups excluding carboxylic acids is 1. The summed E-state index contributed by atoms with van der Waals surface area (Å²) < 4.78 is 63.4. The van der Waals surface area contributed by atoms with Crippen molar-refractivity contribution < 1.29 is 31.5 Å². The van der Waals surface area contributed by atoms with Gasteiger partial charge in [0, 0.05) is 31.0 Å². The van der Waals surface area contributed by atoms with E-state index in [4.69, 9.17) is 4.74 Å². The van der Waals surface area contributed by atoms with Crippen LogP contribution in [0.3, 0.4) is 0 Å². The highest BCUT2D eigenvalue weighted by molar-refractivity contribution is 8.00. The van der Waals surface area contributed by atoms with Gasteiger partial charge in [-0.25, -0.2) is 26.3 Å². The lowest BCUT2D eigenvalue weighted by Crippen LogP contribution is -2.29. The molecule has 0 radical (unpaired) electrons. The van der Waals surface area contributed by atoms with Crippen LogP contribution in [0.5, 0.6) is 0 Å². The Balaban J connectivity index is 1.87. The van der Waals surface area contributed by atoms with Crippen molar-refractivity contribution >= 4 is 27.8 Å². The number of esters is 1. The number of hydrogen-bond acceptors (Lipinski definition) is 6. The van der Waals surface area contributed by atoms with E-state index in [1.807, 2.05) is 0 Å². The summed E-state index contributed by atoms with van der Waals surface area (Å²) >= 11 is 1.23. The Morgan fingerprint density at radius 1 is 1.29 bits per heavy atom. The van der Waals surface area contributed by atoms with Gasteiger partial charge in [-0.15, -0.1) is 0 Å². The minimum absolute atomic E-state index is 0.107. The maximum Gasteiger partial charge on any atom is 0.343 e. The molecule has 2 rings (SSSR count). The van der Waals surface area contributed by atoms with Gasteiger partial charge in [-0.2, -0.15) is 11.8 Å². The summed E-state index contributed by atoms with van der Waals surface area (Å²) in [5.41, 5.74) is 0. The van der Waals surface area contributed by atoms with E-state index in [9.17, 15) is 22.0 Å². The first-order valence-electron chi connectivity index (χ1n) is 8.34. The normalized spacial score (nSPS) is 17.5. The number of methoxy groups -OCH3 is 1. The minimum atomic E-state index is -3.61. The zero-order valence-electron chi connectivity index (χ0n) is 15.4. The molecule has 0 saturated heterocycles. The molecule has 154 valence electrons. The number of benzene rings is 1. The first-order valence-corrected chi connectivity index (χ1v) is 10.8. The van der Waals surface area contributed by atoms with Crippen molar-refractivity contribution in [3.63, 3.8) is 0 Å². The predicted molar refractivity (Wildman–Crippen MR) is 102 cm³/mol. The number of carbonyl (C=O) groups is 1. The van der Waals surface area contributed by atoms with Gasteiger partial charge in [0.15, 0.2) is 18.2 Å². The predicted octanol–water partition coefficient (Wildman–Crippen LogP) is 3.04. The molecule has 0 bridgehead atoms. The van der Waals surface area contributed by atoms with Crippen LogP contribution in [0.2, 0.25) is 0 Å². The van der Waals surface area contributed by atoms with Crippen LogP contribution in [0.4, 0.5) is 8.78 Å². The number of ether oxygens (including phenoxy) is 2. The van der Waals surface area contributed by atoms with E-state index in [1.165, 1.54) is 41.3 Å². The molecule has 1 aromatic carbocycles.